The van der Waals surface area contributed by atoms with Crippen molar-refractivity contribution >= 4 is 75.6 Å². The van der Waals surface area contributed by atoms with Crippen molar-refractivity contribution in [2.24, 2.45) is 5.41 Å². The van der Waals surface area contributed by atoms with E-state index in [1.54, 1.807) is 24.3 Å². The molecule has 12 heteroatoms. The second kappa shape index (κ2) is 10.4. The number of ether oxygens (including phenoxy) is 2. The molecule has 0 aliphatic heterocycles. The number of benzene rings is 1. The van der Waals surface area contributed by atoms with E-state index in [9.17, 15) is 4.79 Å². The van der Waals surface area contributed by atoms with Crippen LogP contribution in [0.3, 0.4) is 0 Å². The van der Waals surface area contributed by atoms with Crippen molar-refractivity contribution in [2.45, 2.75) is 34.8 Å². The summed E-state index contributed by atoms with van der Waals surface area (Å²) in [6.45, 7) is 5.93. The van der Waals surface area contributed by atoms with Crippen molar-refractivity contribution in [3.8, 4) is 17.1 Å². The molecule has 0 radical (unpaired) electrons. The Morgan fingerprint density at radius 1 is 0.871 bits per heavy atom. The number of alkyl halides is 6. The van der Waals surface area contributed by atoms with Crippen LogP contribution in [0.4, 0.5) is 0 Å². The Kier molecular flexibility index (Phi) is 8.93. The molecule has 0 saturated carbocycles. The summed E-state index contributed by atoms with van der Waals surface area (Å²) in [6, 6.07) is 6.73. The highest BCUT2D eigenvalue weighted by atomic mass is 35.6. The van der Waals surface area contributed by atoms with Crippen molar-refractivity contribution < 1.29 is 14.3 Å². The molecular formula is C19H19Cl6N3O3. The molecule has 0 fully saturated rings. The average molecular weight is 550 g/mol. The maximum Gasteiger partial charge on any atom is 0.311 e. The molecule has 0 atom stereocenters. The van der Waals surface area contributed by atoms with Gasteiger partial charge < -0.3 is 9.47 Å². The number of rotatable bonds is 7. The quantitative estimate of drug-likeness (QED) is 0.221. The third-order valence-corrected chi connectivity index (χ3v) is 5.29. The molecule has 2 rings (SSSR count). The van der Waals surface area contributed by atoms with Gasteiger partial charge in [-0.25, -0.2) is 15.0 Å². The predicted molar refractivity (Wildman–Crippen MR) is 124 cm³/mol. The number of carbonyl (C=O) groups excluding carboxylic acids is 1. The van der Waals surface area contributed by atoms with Gasteiger partial charge in [-0.2, -0.15) is 0 Å². The van der Waals surface area contributed by atoms with Crippen LogP contribution in [0.5, 0.6) is 5.75 Å². The first-order valence-corrected chi connectivity index (χ1v) is 11.3. The number of esters is 1. The molecule has 0 N–H and O–H groups in total. The first kappa shape index (κ1) is 26.5. The van der Waals surface area contributed by atoms with Gasteiger partial charge in [-0.1, -0.05) is 76.5 Å². The molecule has 0 unspecified atom stereocenters. The minimum absolute atomic E-state index is 0.136. The number of nitrogens with zero attached hydrogens (tertiary/aromatic N) is 3. The fourth-order valence-corrected chi connectivity index (χ4v) is 2.60. The zero-order valence-corrected chi connectivity index (χ0v) is 21.3. The summed E-state index contributed by atoms with van der Waals surface area (Å²) in [7, 11) is 0. The predicted octanol–water partition coefficient (Wildman–Crippen LogP) is 6.55. The lowest BCUT2D eigenvalue weighted by atomic mass is 9.91. The summed E-state index contributed by atoms with van der Waals surface area (Å²) >= 11 is 35.3. The normalized spacial score (nSPS) is 12.5. The molecule has 6 nitrogen and oxygen atoms in total. The minimum atomic E-state index is -1.94. The molecule has 2 aromatic rings. The lowest BCUT2D eigenvalue weighted by Gasteiger charge is -2.20. The largest absolute Gasteiger partial charge is 0.490 e. The van der Waals surface area contributed by atoms with Gasteiger partial charge in [0, 0.05) is 5.56 Å². The molecule has 0 saturated heterocycles. The summed E-state index contributed by atoms with van der Waals surface area (Å²) < 4.78 is 6.96. The molecule has 31 heavy (non-hydrogen) atoms. The van der Waals surface area contributed by atoms with Crippen molar-refractivity contribution in [3.63, 3.8) is 0 Å². The van der Waals surface area contributed by atoms with Gasteiger partial charge in [-0.15, -0.1) is 0 Å². The number of carbonyl (C=O) groups is 1. The third kappa shape index (κ3) is 7.65. The van der Waals surface area contributed by atoms with Gasteiger partial charge in [0.15, 0.2) is 17.5 Å². The lowest BCUT2D eigenvalue weighted by molar-refractivity contribution is -0.154. The van der Waals surface area contributed by atoms with Gasteiger partial charge in [0.25, 0.3) is 0 Å². The van der Waals surface area contributed by atoms with Crippen molar-refractivity contribution in [1.82, 2.24) is 15.0 Å². The van der Waals surface area contributed by atoms with E-state index in [4.69, 9.17) is 79.1 Å². The third-order valence-electron chi connectivity index (χ3n) is 4.28. The van der Waals surface area contributed by atoms with Gasteiger partial charge in [0.1, 0.15) is 19.0 Å². The van der Waals surface area contributed by atoms with E-state index >= 15 is 0 Å². The molecule has 1 heterocycles. The van der Waals surface area contributed by atoms with E-state index in [0.717, 1.165) is 0 Å². The summed E-state index contributed by atoms with van der Waals surface area (Å²) in [4.78, 5) is 24.2. The van der Waals surface area contributed by atoms with Crippen molar-refractivity contribution in [1.29, 1.82) is 0 Å². The van der Waals surface area contributed by atoms with Gasteiger partial charge >= 0.3 is 5.97 Å². The number of hydrogen-bond donors (Lipinski definition) is 0. The SMILES string of the molecule is CCC(C)(C)C(=O)OCCOc1ccc(-c2nc(C(Cl)(Cl)Cl)nc(C(Cl)(Cl)Cl)n2)cc1. The van der Waals surface area contributed by atoms with Crippen LogP contribution >= 0.6 is 69.6 Å². The topological polar surface area (TPSA) is 74.2 Å². The summed E-state index contributed by atoms with van der Waals surface area (Å²) in [5.74, 6) is 0.0759. The molecule has 170 valence electrons. The van der Waals surface area contributed by atoms with Gasteiger partial charge in [-0.3, -0.25) is 4.79 Å². The second-order valence-corrected chi connectivity index (χ2v) is 11.6. The highest BCUT2D eigenvalue weighted by molar-refractivity contribution is 6.67. The molecule has 0 aliphatic rings. The summed E-state index contributed by atoms with van der Waals surface area (Å²) in [5.41, 5.74) is 0.0281. The molecule has 1 aromatic carbocycles. The van der Waals surface area contributed by atoms with Crippen LogP contribution in [0.15, 0.2) is 24.3 Å². The molecular weight excluding hydrogens is 531 g/mol. The molecule has 0 bridgehead atoms. The smallest absolute Gasteiger partial charge is 0.311 e. The highest BCUT2D eigenvalue weighted by Gasteiger charge is 2.34. The van der Waals surface area contributed by atoms with E-state index in [1.807, 2.05) is 20.8 Å². The number of halogens is 6. The molecule has 0 spiro atoms. The van der Waals surface area contributed by atoms with Gasteiger partial charge in [0.2, 0.25) is 7.59 Å². The monoisotopic (exact) mass is 547 g/mol. The maximum absolute atomic E-state index is 12.0. The fourth-order valence-electron chi connectivity index (χ4n) is 2.09. The Labute approximate surface area is 210 Å². The van der Waals surface area contributed by atoms with Crippen LogP contribution in [0.2, 0.25) is 0 Å². The number of hydrogen-bond acceptors (Lipinski definition) is 6. The van der Waals surface area contributed by atoms with Crippen molar-refractivity contribution in [3.05, 3.63) is 35.9 Å². The molecule has 0 amide bonds. The van der Waals surface area contributed by atoms with Gasteiger partial charge in [0.05, 0.1) is 5.41 Å². The maximum atomic E-state index is 12.0. The Morgan fingerprint density at radius 2 is 1.39 bits per heavy atom. The van der Waals surface area contributed by atoms with E-state index in [-0.39, 0.29) is 36.7 Å². The zero-order chi connectivity index (χ0) is 23.4. The zero-order valence-electron chi connectivity index (χ0n) is 16.8. The summed E-state index contributed by atoms with van der Waals surface area (Å²) in [6.07, 6.45) is 0.686. The minimum Gasteiger partial charge on any atom is -0.490 e. The second-order valence-electron chi connectivity index (χ2n) is 7.05. The Hall–Kier alpha value is -0.760. The van der Waals surface area contributed by atoms with Gasteiger partial charge in [-0.05, 0) is 44.5 Å². The van der Waals surface area contributed by atoms with Crippen molar-refractivity contribution in [2.75, 3.05) is 13.2 Å². The van der Waals surface area contributed by atoms with Crippen LogP contribution in [0.1, 0.15) is 38.8 Å². The van der Waals surface area contributed by atoms with Crippen LogP contribution in [-0.4, -0.2) is 34.1 Å². The highest BCUT2D eigenvalue weighted by Crippen LogP contribution is 2.40. The van der Waals surface area contributed by atoms with Crippen LogP contribution in [0.25, 0.3) is 11.4 Å². The lowest BCUT2D eigenvalue weighted by Crippen LogP contribution is -2.27. The molecule has 0 aliphatic carbocycles. The fraction of sp³-hybridized carbons (Fsp3) is 0.474. The first-order valence-electron chi connectivity index (χ1n) is 9.05. The van der Waals surface area contributed by atoms with Crippen LogP contribution in [0, 0.1) is 5.41 Å². The van der Waals surface area contributed by atoms with E-state index in [0.29, 0.717) is 17.7 Å². The standard InChI is InChI=1S/C19H19Cl6N3O3/c1-4-17(2,3)16(29)31-10-9-30-12-7-5-11(6-8-12)13-26-14(18(20,21)22)28-15(27-13)19(23,24)25/h5-8H,4,9-10H2,1-3H3. The van der Waals surface area contributed by atoms with Crippen LogP contribution in [-0.2, 0) is 17.1 Å². The summed E-state index contributed by atoms with van der Waals surface area (Å²) in [5, 5.41) is 0. The first-order chi connectivity index (χ1) is 14.2. The Bertz CT molecular complexity index is 879. The van der Waals surface area contributed by atoms with E-state index in [1.165, 1.54) is 0 Å². The Morgan fingerprint density at radius 3 is 1.84 bits per heavy atom. The van der Waals surface area contributed by atoms with E-state index in [2.05, 4.69) is 15.0 Å². The number of aromatic nitrogens is 3. The Balaban J connectivity index is 2.10. The van der Waals surface area contributed by atoms with Crippen LogP contribution < -0.4 is 4.74 Å². The molecule has 1 aromatic heterocycles. The average Bonchev–Trinajstić information content (AvgIpc) is 2.69. The van der Waals surface area contributed by atoms with E-state index < -0.39 is 13.0 Å².